The largest absolute Gasteiger partial charge is 0.454 e. The normalized spacial score (nSPS) is 24.6. The van der Waals surface area contributed by atoms with Crippen molar-refractivity contribution in [1.82, 2.24) is 0 Å². The van der Waals surface area contributed by atoms with E-state index in [1.54, 1.807) is 12.2 Å². The second kappa shape index (κ2) is 5.99. The molecule has 0 radical (unpaired) electrons. The Bertz CT molecular complexity index is 791. The van der Waals surface area contributed by atoms with Crippen molar-refractivity contribution < 1.29 is 23.7 Å². The first-order valence-electron chi connectivity index (χ1n) is 8.37. The molecule has 0 aromatic heterocycles. The number of benzene rings is 1. The van der Waals surface area contributed by atoms with Gasteiger partial charge in [0.25, 0.3) is 0 Å². The van der Waals surface area contributed by atoms with Gasteiger partial charge in [-0.1, -0.05) is 19.1 Å². The molecule has 130 valence electrons. The molecule has 0 N–H and O–H groups in total. The Balaban J connectivity index is 1.63. The van der Waals surface area contributed by atoms with Crippen molar-refractivity contribution in [2.24, 2.45) is 11.3 Å². The zero-order valence-electron chi connectivity index (χ0n) is 14.1. The summed E-state index contributed by atoms with van der Waals surface area (Å²) in [5.74, 6) is 2.78. The highest BCUT2D eigenvalue weighted by Crippen LogP contribution is 2.44. The lowest BCUT2D eigenvalue weighted by molar-refractivity contribution is -0.124. The molecule has 4 rings (SSSR count). The van der Waals surface area contributed by atoms with Gasteiger partial charge in [-0.15, -0.1) is 6.58 Å². The first-order valence-corrected chi connectivity index (χ1v) is 8.37. The van der Waals surface area contributed by atoms with Crippen LogP contribution in [0.4, 0.5) is 0 Å². The number of ether oxygens (including phenoxy) is 4. The van der Waals surface area contributed by atoms with Crippen LogP contribution >= 0.6 is 0 Å². The Morgan fingerprint density at radius 3 is 2.76 bits per heavy atom. The van der Waals surface area contributed by atoms with Gasteiger partial charge in [-0.3, -0.25) is 4.79 Å². The quantitative estimate of drug-likeness (QED) is 0.768. The topological polar surface area (TPSA) is 54.0 Å². The van der Waals surface area contributed by atoms with Gasteiger partial charge in [0, 0.05) is 6.08 Å². The van der Waals surface area contributed by atoms with Gasteiger partial charge >= 0.3 is 0 Å². The average Bonchev–Trinajstić information content (AvgIpc) is 3.23. The Morgan fingerprint density at radius 1 is 1.16 bits per heavy atom. The molecule has 0 bridgehead atoms. The minimum atomic E-state index is -0.676. The first-order chi connectivity index (χ1) is 12.1. The van der Waals surface area contributed by atoms with Crippen molar-refractivity contribution in [2.45, 2.75) is 19.8 Å². The summed E-state index contributed by atoms with van der Waals surface area (Å²) in [6, 6.07) is 5.91. The fourth-order valence-corrected chi connectivity index (χ4v) is 3.67. The van der Waals surface area contributed by atoms with E-state index in [1.807, 2.05) is 24.3 Å². The molecule has 2 aliphatic heterocycles. The highest BCUT2D eigenvalue weighted by atomic mass is 16.7. The lowest BCUT2D eigenvalue weighted by Gasteiger charge is -2.35. The van der Waals surface area contributed by atoms with Crippen LogP contribution in [0.15, 0.2) is 54.5 Å². The molecule has 0 amide bonds. The zero-order valence-corrected chi connectivity index (χ0v) is 14.1. The van der Waals surface area contributed by atoms with Crippen LogP contribution in [-0.4, -0.2) is 19.4 Å². The van der Waals surface area contributed by atoms with Gasteiger partial charge in [0.05, 0.1) is 5.41 Å². The van der Waals surface area contributed by atoms with Crippen LogP contribution < -0.4 is 9.47 Å². The third-order valence-corrected chi connectivity index (χ3v) is 5.12. The van der Waals surface area contributed by atoms with Crippen molar-refractivity contribution in [1.29, 1.82) is 0 Å². The lowest BCUT2D eigenvalue weighted by atomic mass is 9.66. The van der Waals surface area contributed by atoms with Crippen LogP contribution in [0.3, 0.4) is 0 Å². The van der Waals surface area contributed by atoms with Gasteiger partial charge in [0.15, 0.2) is 28.8 Å². The molecule has 0 unspecified atom stereocenters. The van der Waals surface area contributed by atoms with Crippen LogP contribution in [0, 0.1) is 11.3 Å². The molecule has 5 heteroatoms. The number of carbonyl (C=O) groups excluding carboxylic acids is 1. The molecule has 0 saturated carbocycles. The van der Waals surface area contributed by atoms with Crippen LogP contribution in [0.1, 0.15) is 18.9 Å². The van der Waals surface area contributed by atoms with E-state index in [0.29, 0.717) is 17.9 Å². The van der Waals surface area contributed by atoms with E-state index in [9.17, 15) is 4.79 Å². The maximum atomic E-state index is 12.9. The monoisotopic (exact) mass is 340 g/mol. The van der Waals surface area contributed by atoms with E-state index >= 15 is 0 Å². The molecule has 1 aliphatic carbocycles. The number of allylic oxidation sites excluding steroid dienone is 3. The third kappa shape index (κ3) is 2.60. The van der Waals surface area contributed by atoms with E-state index in [4.69, 9.17) is 18.9 Å². The van der Waals surface area contributed by atoms with Crippen molar-refractivity contribution in [2.75, 3.05) is 13.6 Å². The standard InChI is InChI=1S/C20H20O5/c1-3-6-20(10-18-17(9-19(20)21)24-12-25-18)13(2)7-14-4-5-15-16(8-14)23-11-22-15/h3-5,8-10,13H,1,6-7,11-12H2,2H3/t13-,20-/m1/s1. The van der Waals surface area contributed by atoms with Crippen LogP contribution in [0.2, 0.25) is 0 Å². The second-order valence-corrected chi connectivity index (χ2v) is 6.61. The highest BCUT2D eigenvalue weighted by Gasteiger charge is 2.44. The summed E-state index contributed by atoms with van der Waals surface area (Å²) in [4.78, 5) is 12.9. The summed E-state index contributed by atoms with van der Waals surface area (Å²) in [6.07, 6.45) is 6.54. The molecule has 5 nitrogen and oxygen atoms in total. The number of hydrogen-bond donors (Lipinski definition) is 0. The van der Waals surface area contributed by atoms with E-state index in [2.05, 4.69) is 13.5 Å². The number of rotatable bonds is 5. The SMILES string of the molecule is C=CC[C@]1([C@H](C)Cc2ccc3c(c2)OCO3)C=C2OCOC2=CC1=O. The van der Waals surface area contributed by atoms with Gasteiger partial charge in [0.1, 0.15) is 0 Å². The summed E-state index contributed by atoms with van der Waals surface area (Å²) in [5, 5.41) is 0. The van der Waals surface area contributed by atoms with E-state index < -0.39 is 5.41 Å². The van der Waals surface area contributed by atoms with Gasteiger partial charge in [-0.2, -0.15) is 0 Å². The summed E-state index contributed by atoms with van der Waals surface area (Å²) in [5.41, 5.74) is 0.426. The number of hydrogen-bond acceptors (Lipinski definition) is 5. The average molecular weight is 340 g/mol. The molecule has 2 heterocycles. The Morgan fingerprint density at radius 2 is 1.92 bits per heavy atom. The molecular weight excluding hydrogens is 320 g/mol. The molecule has 1 saturated heterocycles. The van der Waals surface area contributed by atoms with Crippen molar-refractivity contribution in [3.63, 3.8) is 0 Å². The van der Waals surface area contributed by atoms with Crippen molar-refractivity contribution in [3.05, 3.63) is 60.1 Å². The highest BCUT2D eigenvalue weighted by molar-refractivity contribution is 5.99. The summed E-state index contributed by atoms with van der Waals surface area (Å²) in [6.45, 7) is 6.34. The molecule has 2 atom stereocenters. The number of carbonyl (C=O) groups is 1. The van der Waals surface area contributed by atoms with Gasteiger partial charge in [-0.25, -0.2) is 0 Å². The van der Waals surface area contributed by atoms with E-state index in [1.165, 1.54) is 0 Å². The Kier molecular flexibility index (Phi) is 3.79. The molecule has 1 aromatic carbocycles. The molecule has 25 heavy (non-hydrogen) atoms. The molecule has 1 fully saturated rings. The smallest absolute Gasteiger partial charge is 0.231 e. The Labute approximate surface area is 146 Å². The van der Waals surface area contributed by atoms with Crippen LogP contribution in [0.5, 0.6) is 11.5 Å². The minimum absolute atomic E-state index is 0.0323. The fourth-order valence-electron chi connectivity index (χ4n) is 3.67. The number of fused-ring (bicyclic) bond motifs is 2. The van der Waals surface area contributed by atoms with E-state index in [0.717, 1.165) is 23.5 Å². The summed E-state index contributed by atoms with van der Waals surface area (Å²) >= 11 is 0. The van der Waals surface area contributed by atoms with Gasteiger partial charge in [-0.05, 0) is 42.5 Å². The maximum absolute atomic E-state index is 12.9. The summed E-state index contributed by atoms with van der Waals surface area (Å²) < 4.78 is 21.7. The van der Waals surface area contributed by atoms with Crippen molar-refractivity contribution >= 4 is 5.78 Å². The Hall–Kier alpha value is -2.69. The fraction of sp³-hybridized carbons (Fsp3) is 0.350. The third-order valence-electron chi connectivity index (χ3n) is 5.12. The van der Waals surface area contributed by atoms with Crippen molar-refractivity contribution in [3.8, 4) is 11.5 Å². The minimum Gasteiger partial charge on any atom is -0.454 e. The van der Waals surface area contributed by atoms with Crippen LogP contribution in [-0.2, 0) is 20.7 Å². The second-order valence-electron chi connectivity index (χ2n) is 6.61. The van der Waals surface area contributed by atoms with E-state index in [-0.39, 0.29) is 25.3 Å². The predicted octanol–water partition coefficient (Wildman–Crippen LogP) is 3.51. The zero-order chi connectivity index (χ0) is 17.4. The summed E-state index contributed by atoms with van der Waals surface area (Å²) in [7, 11) is 0. The predicted molar refractivity (Wildman–Crippen MR) is 90.9 cm³/mol. The first kappa shape index (κ1) is 15.8. The lowest BCUT2D eigenvalue weighted by Crippen LogP contribution is -2.38. The number of ketones is 1. The molecule has 1 aromatic rings. The van der Waals surface area contributed by atoms with Gasteiger partial charge in [0.2, 0.25) is 13.6 Å². The molecule has 3 aliphatic rings. The van der Waals surface area contributed by atoms with Gasteiger partial charge < -0.3 is 18.9 Å². The molecular formula is C20H20O5. The maximum Gasteiger partial charge on any atom is 0.231 e. The van der Waals surface area contributed by atoms with Crippen LogP contribution in [0.25, 0.3) is 0 Å². The molecule has 0 spiro atoms.